The van der Waals surface area contributed by atoms with Gasteiger partial charge in [0.2, 0.25) is 0 Å². The molecule has 0 aliphatic rings. The summed E-state index contributed by atoms with van der Waals surface area (Å²) in [6.45, 7) is 2.08. The van der Waals surface area contributed by atoms with Crippen LogP contribution in [0.15, 0.2) is 17.5 Å². The number of rotatable bonds is 2. The Hall–Kier alpha value is -0.730. The van der Waals surface area contributed by atoms with E-state index in [9.17, 15) is 5.11 Å². The summed E-state index contributed by atoms with van der Waals surface area (Å²) in [6.07, 6.45) is 0.942. The number of phenols is 1. The van der Waals surface area contributed by atoms with Gasteiger partial charge in [0.15, 0.2) is 0 Å². The van der Waals surface area contributed by atoms with Gasteiger partial charge >= 0.3 is 0 Å². The van der Waals surface area contributed by atoms with Gasteiger partial charge in [-0.05, 0) is 35.1 Å². The number of halogens is 1. The molecular weight excluding hydrogens is 216 g/mol. The van der Waals surface area contributed by atoms with Gasteiger partial charge in [-0.2, -0.15) is 0 Å². The monoisotopic (exact) mass is 226 g/mol. The van der Waals surface area contributed by atoms with E-state index < -0.39 is 0 Å². The molecule has 0 saturated heterocycles. The van der Waals surface area contributed by atoms with Gasteiger partial charge in [0.1, 0.15) is 5.75 Å². The quantitative estimate of drug-likeness (QED) is 0.770. The van der Waals surface area contributed by atoms with Crippen molar-refractivity contribution in [2.75, 3.05) is 0 Å². The number of hydrogen-bond donors (Lipinski definition) is 1. The average molecular weight is 227 g/mol. The fourth-order valence-electron chi connectivity index (χ4n) is 1.57. The first-order valence-electron chi connectivity index (χ1n) is 4.54. The number of alkyl halides is 1. The molecule has 0 aliphatic heterocycles. The highest BCUT2D eigenvalue weighted by Crippen LogP contribution is 2.35. The van der Waals surface area contributed by atoms with Crippen molar-refractivity contribution in [3.63, 3.8) is 0 Å². The van der Waals surface area contributed by atoms with Crippen molar-refractivity contribution >= 4 is 33.0 Å². The number of benzene rings is 1. The van der Waals surface area contributed by atoms with Gasteiger partial charge in [0.05, 0.1) is 0 Å². The molecule has 0 atom stereocenters. The van der Waals surface area contributed by atoms with E-state index in [2.05, 4.69) is 13.0 Å². The summed E-state index contributed by atoms with van der Waals surface area (Å²) in [7, 11) is 0. The average Bonchev–Trinajstić information content (AvgIpc) is 2.61. The van der Waals surface area contributed by atoms with Crippen molar-refractivity contribution in [3.8, 4) is 5.75 Å². The molecule has 1 N–H and O–H groups in total. The first-order chi connectivity index (χ1) is 6.76. The Kier molecular flexibility index (Phi) is 2.66. The van der Waals surface area contributed by atoms with Gasteiger partial charge in [0.25, 0.3) is 0 Å². The summed E-state index contributed by atoms with van der Waals surface area (Å²) in [6, 6.07) is 3.95. The molecule has 0 saturated carbocycles. The molecule has 0 aliphatic carbocycles. The summed E-state index contributed by atoms with van der Waals surface area (Å²) in [5, 5.41) is 12.8. The van der Waals surface area contributed by atoms with Crippen molar-refractivity contribution in [2.24, 2.45) is 0 Å². The van der Waals surface area contributed by atoms with E-state index in [-0.39, 0.29) is 0 Å². The summed E-state index contributed by atoms with van der Waals surface area (Å²) in [5.41, 5.74) is 2.18. The van der Waals surface area contributed by atoms with Gasteiger partial charge in [-0.15, -0.1) is 22.9 Å². The molecule has 1 heterocycles. The van der Waals surface area contributed by atoms with Gasteiger partial charge in [-0.3, -0.25) is 0 Å². The van der Waals surface area contributed by atoms with Gasteiger partial charge in [0, 0.05) is 16.0 Å². The Morgan fingerprint density at radius 2 is 2.21 bits per heavy atom. The molecule has 2 rings (SSSR count). The zero-order valence-electron chi connectivity index (χ0n) is 7.88. The van der Waals surface area contributed by atoms with Crippen molar-refractivity contribution < 1.29 is 5.11 Å². The minimum absolute atomic E-state index is 0.358. The molecule has 2 aromatic rings. The van der Waals surface area contributed by atoms with Crippen LogP contribution < -0.4 is 0 Å². The van der Waals surface area contributed by atoms with E-state index in [1.807, 2.05) is 11.4 Å². The summed E-state index contributed by atoms with van der Waals surface area (Å²) in [5.74, 6) is 0.815. The summed E-state index contributed by atoms with van der Waals surface area (Å²) in [4.78, 5) is 0. The molecule has 0 bridgehead atoms. The molecule has 0 fully saturated rings. The van der Waals surface area contributed by atoms with Crippen LogP contribution in [0.25, 0.3) is 10.1 Å². The largest absolute Gasteiger partial charge is 0.507 e. The molecule has 0 spiro atoms. The van der Waals surface area contributed by atoms with Gasteiger partial charge in [-0.25, -0.2) is 0 Å². The molecule has 74 valence electrons. The number of aryl methyl sites for hydroxylation is 1. The fraction of sp³-hybridized carbons (Fsp3) is 0.273. The molecule has 1 nitrogen and oxygen atoms in total. The topological polar surface area (TPSA) is 20.2 Å². The van der Waals surface area contributed by atoms with Crippen LogP contribution in [-0.4, -0.2) is 5.11 Å². The normalized spacial score (nSPS) is 11.0. The Labute approximate surface area is 91.9 Å². The lowest BCUT2D eigenvalue weighted by Crippen LogP contribution is -1.81. The first-order valence-corrected chi connectivity index (χ1v) is 5.95. The van der Waals surface area contributed by atoms with Crippen molar-refractivity contribution in [3.05, 3.63) is 28.6 Å². The van der Waals surface area contributed by atoms with Crippen LogP contribution in [0.3, 0.4) is 0 Å². The number of hydrogen-bond acceptors (Lipinski definition) is 2. The number of thiophene rings is 1. The summed E-state index contributed by atoms with van der Waals surface area (Å²) >= 11 is 7.43. The molecule has 0 unspecified atom stereocenters. The predicted octanol–water partition coefficient (Wildman–Crippen LogP) is 3.91. The minimum atomic E-state index is 0.358. The third-order valence-electron chi connectivity index (χ3n) is 2.34. The zero-order valence-corrected chi connectivity index (χ0v) is 9.45. The summed E-state index contributed by atoms with van der Waals surface area (Å²) < 4.78 is 1.12. The standard InChI is InChI=1S/C11H11ClOS/c1-2-7-3-9(13)11-8(5-12)6-14-10(11)4-7/h3-4,6,13H,2,5H2,1H3. The van der Waals surface area contributed by atoms with E-state index in [4.69, 9.17) is 11.6 Å². The second-order valence-corrected chi connectivity index (χ2v) is 4.41. The number of aromatic hydroxyl groups is 1. The SMILES string of the molecule is CCc1cc(O)c2c(CCl)csc2c1. The Morgan fingerprint density at radius 3 is 2.86 bits per heavy atom. The highest BCUT2D eigenvalue weighted by atomic mass is 35.5. The maximum atomic E-state index is 9.83. The molecule has 0 radical (unpaired) electrons. The maximum absolute atomic E-state index is 9.83. The van der Waals surface area contributed by atoms with Crippen LogP contribution >= 0.6 is 22.9 Å². The van der Waals surface area contributed by atoms with Gasteiger partial charge in [-0.1, -0.05) is 6.92 Å². The predicted molar refractivity (Wildman–Crippen MR) is 62.4 cm³/mol. The Morgan fingerprint density at radius 1 is 1.43 bits per heavy atom. The number of phenolic OH excluding ortho intramolecular Hbond substituents is 1. The Balaban J connectivity index is 2.72. The van der Waals surface area contributed by atoms with Crippen LogP contribution in [0.5, 0.6) is 5.75 Å². The lowest BCUT2D eigenvalue weighted by atomic mass is 10.1. The fourth-order valence-corrected chi connectivity index (χ4v) is 2.91. The smallest absolute Gasteiger partial charge is 0.124 e. The second kappa shape index (κ2) is 3.79. The van der Waals surface area contributed by atoms with E-state index in [1.54, 1.807) is 11.3 Å². The van der Waals surface area contributed by atoms with Crippen LogP contribution in [0.1, 0.15) is 18.1 Å². The molecule has 3 heteroatoms. The van der Waals surface area contributed by atoms with Crippen LogP contribution in [-0.2, 0) is 12.3 Å². The Bertz CT molecular complexity index is 462. The van der Waals surface area contributed by atoms with E-state index in [1.165, 1.54) is 0 Å². The third-order valence-corrected chi connectivity index (χ3v) is 3.61. The minimum Gasteiger partial charge on any atom is -0.507 e. The van der Waals surface area contributed by atoms with Crippen molar-refractivity contribution in [2.45, 2.75) is 19.2 Å². The van der Waals surface area contributed by atoms with Crippen molar-refractivity contribution in [1.29, 1.82) is 0 Å². The maximum Gasteiger partial charge on any atom is 0.124 e. The molecule has 14 heavy (non-hydrogen) atoms. The van der Waals surface area contributed by atoms with Crippen LogP contribution in [0.4, 0.5) is 0 Å². The van der Waals surface area contributed by atoms with Crippen molar-refractivity contribution in [1.82, 2.24) is 0 Å². The second-order valence-electron chi connectivity index (χ2n) is 3.24. The highest BCUT2D eigenvalue weighted by molar-refractivity contribution is 7.17. The lowest BCUT2D eigenvalue weighted by molar-refractivity contribution is 0.481. The van der Waals surface area contributed by atoms with E-state index in [0.29, 0.717) is 11.6 Å². The lowest BCUT2D eigenvalue weighted by Gasteiger charge is -2.01. The van der Waals surface area contributed by atoms with Gasteiger partial charge < -0.3 is 5.11 Å². The van der Waals surface area contributed by atoms with Crippen LogP contribution in [0, 0.1) is 0 Å². The number of fused-ring (bicyclic) bond motifs is 1. The van der Waals surface area contributed by atoms with E-state index in [0.717, 1.165) is 27.6 Å². The molecular formula is C11H11ClOS. The van der Waals surface area contributed by atoms with Crippen LogP contribution in [0.2, 0.25) is 0 Å². The first kappa shape index (κ1) is 9.81. The highest BCUT2D eigenvalue weighted by Gasteiger charge is 2.08. The molecule has 1 aromatic heterocycles. The van der Waals surface area contributed by atoms with E-state index >= 15 is 0 Å². The molecule has 1 aromatic carbocycles. The zero-order chi connectivity index (χ0) is 10.1. The third kappa shape index (κ3) is 1.49. The molecule has 0 amide bonds.